The van der Waals surface area contributed by atoms with Crippen LogP contribution in [0.15, 0.2) is 23.8 Å². The van der Waals surface area contributed by atoms with Crippen molar-refractivity contribution in [2.75, 3.05) is 6.61 Å². The van der Waals surface area contributed by atoms with E-state index < -0.39 is 41.0 Å². The van der Waals surface area contributed by atoms with Gasteiger partial charge in [0.15, 0.2) is 17.2 Å². The monoisotopic (exact) mass is 376 g/mol. The van der Waals surface area contributed by atoms with Gasteiger partial charge < -0.3 is 20.4 Å². The first kappa shape index (κ1) is 19.0. The van der Waals surface area contributed by atoms with Gasteiger partial charge in [0.05, 0.1) is 12.2 Å². The molecule has 0 aromatic carbocycles. The maximum Gasteiger partial charge on any atom is 0.192 e. The molecule has 2 unspecified atom stereocenters. The van der Waals surface area contributed by atoms with Crippen molar-refractivity contribution in [3.05, 3.63) is 23.8 Å². The van der Waals surface area contributed by atoms with Crippen molar-refractivity contribution >= 4 is 11.6 Å². The average Bonchev–Trinajstić information content (AvgIpc) is 2.82. The van der Waals surface area contributed by atoms with Crippen LogP contribution in [0.5, 0.6) is 0 Å². The summed E-state index contributed by atoms with van der Waals surface area (Å²) in [7, 11) is 0. The Morgan fingerprint density at radius 2 is 2.00 bits per heavy atom. The molecule has 0 heterocycles. The third-order valence-corrected chi connectivity index (χ3v) is 8.28. The van der Waals surface area contributed by atoms with Gasteiger partial charge in [0.2, 0.25) is 0 Å². The van der Waals surface area contributed by atoms with E-state index in [0.717, 1.165) is 18.4 Å². The third kappa shape index (κ3) is 2.21. The molecule has 6 heteroatoms. The Labute approximate surface area is 158 Å². The fourth-order valence-corrected chi connectivity index (χ4v) is 6.96. The normalized spacial score (nSPS) is 51.3. The van der Waals surface area contributed by atoms with Gasteiger partial charge in [-0.1, -0.05) is 25.5 Å². The number of hydrogen-bond acceptors (Lipinski definition) is 6. The predicted molar refractivity (Wildman–Crippen MR) is 96.4 cm³/mol. The highest BCUT2D eigenvalue weighted by molar-refractivity contribution is 6.01. The highest BCUT2D eigenvalue weighted by Gasteiger charge is 2.71. The summed E-state index contributed by atoms with van der Waals surface area (Å²) in [5, 5.41) is 42.3. The molecule has 0 amide bonds. The van der Waals surface area contributed by atoms with Crippen LogP contribution in [0.4, 0.5) is 0 Å². The molecule has 3 fully saturated rings. The van der Waals surface area contributed by atoms with Crippen molar-refractivity contribution in [3.8, 4) is 0 Å². The number of aliphatic hydroxyl groups is 4. The van der Waals surface area contributed by atoms with E-state index in [1.807, 2.05) is 13.0 Å². The molecule has 0 aromatic rings. The predicted octanol–water partition coefficient (Wildman–Crippen LogP) is 0.528. The molecule has 8 atom stereocenters. The summed E-state index contributed by atoms with van der Waals surface area (Å²) in [5.41, 5.74) is -2.46. The summed E-state index contributed by atoms with van der Waals surface area (Å²) >= 11 is 0. The molecular formula is C21H28O6. The van der Waals surface area contributed by atoms with Gasteiger partial charge in [-0.3, -0.25) is 9.59 Å². The Bertz CT molecular complexity index is 756. The van der Waals surface area contributed by atoms with E-state index in [4.69, 9.17) is 0 Å². The van der Waals surface area contributed by atoms with Gasteiger partial charge in [-0.05, 0) is 49.7 Å². The minimum atomic E-state index is -2.05. The highest BCUT2D eigenvalue weighted by atomic mass is 16.4. The Morgan fingerprint density at radius 3 is 2.67 bits per heavy atom. The van der Waals surface area contributed by atoms with Crippen molar-refractivity contribution in [1.82, 2.24) is 0 Å². The zero-order chi connectivity index (χ0) is 19.8. The third-order valence-electron chi connectivity index (χ3n) is 8.28. The summed E-state index contributed by atoms with van der Waals surface area (Å²) in [4.78, 5) is 24.2. The molecule has 4 N–H and O–H groups in total. The van der Waals surface area contributed by atoms with E-state index in [2.05, 4.69) is 0 Å². The van der Waals surface area contributed by atoms with Crippen LogP contribution in [-0.4, -0.2) is 56.4 Å². The fourth-order valence-electron chi connectivity index (χ4n) is 6.96. The molecule has 0 bridgehead atoms. The zero-order valence-electron chi connectivity index (χ0n) is 15.8. The van der Waals surface area contributed by atoms with Gasteiger partial charge in [0, 0.05) is 16.7 Å². The quantitative estimate of drug-likeness (QED) is 0.559. The number of Topliss-reactive ketones (excluding diaryl/α,β-unsaturated/α-hetero) is 1. The second-order valence-corrected chi connectivity index (χ2v) is 9.31. The van der Waals surface area contributed by atoms with Crippen molar-refractivity contribution in [2.24, 2.45) is 28.6 Å². The summed E-state index contributed by atoms with van der Waals surface area (Å²) in [6.07, 6.45) is 4.97. The summed E-state index contributed by atoms with van der Waals surface area (Å²) in [5.74, 6) is -1.09. The zero-order valence-corrected chi connectivity index (χ0v) is 15.8. The van der Waals surface area contributed by atoms with Crippen LogP contribution in [0.1, 0.15) is 39.5 Å². The van der Waals surface area contributed by atoms with E-state index in [0.29, 0.717) is 0 Å². The molecule has 148 valence electrons. The van der Waals surface area contributed by atoms with Crippen molar-refractivity contribution in [1.29, 1.82) is 0 Å². The van der Waals surface area contributed by atoms with Gasteiger partial charge in [0.25, 0.3) is 0 Å². The van der Waals surface area contributed by atoms with Crippen molar-refractivity contribution < 1.29 is 30.0 Å². The first-order valence-electron chi connectivity index (χ1n) is 9.76. The molecule has 6 nitrogen and oxygen atoms in total. The van der Waals surface area contributed by atoms with E-state index in [1.54, 1.807) is 19.1 Å². The van der Waals surface area contributed by atoms with Crippen LogP contribution < -0.4 is 0 Å². The number of rotatable bonds is 2. The van der Waals surface area contributed by atoms with Gasteiger partial charge in [-0.15, -0.1) is 0 Å². The molecule has 4 aliphatic rings. The molecular weight excluding hydrogens is 348 g/mol. The number of carbonyl (C=O) groups is 2. The smallest absolute Gasteiger partial charge is 0.192 e. The van der Waals surface area contributed by atoms with E-state index in [1.165, 1.54) is 0 Å². The molecule has 0 aromatic heterocycles. The topological polar surface area (TPSA) is 115 Å². The lowest BCUT2D eigenvalue weighted by Gasteiger charge is -2.59. The van der Waals surface area contributed by atoms with Crippen LogP contribution in [0.3, 0.4) is 0 Å². The second kappa shape index (κ2) is 5.83. The highest BCUT2D eigenvalue weighted by Crippen LogP contribution is 2.67. The molecule has 4 rings (SSSR count). The molecule has 3 saturated carbocycles. The van der Waals surface area contributed by atoms with Crippen LogP contribution >= 0.6 is 0 Å². The summed E-state index contributed by atoms with van der Waals surface area (Å²) < 4.78 is 0. The maximum absolute atomic E-state index is 12.4. The minimum Gasteiger partial charge on any atom is -0.393 e. The van der Waals surface area contributed by atoms with Gasteiger partial charge >= 0.3 is 0 Å². The summed E-state index contributed by atoms with van der Waals surface area (Å²) in [6, 6.07) is 0. The van der Waals surface area contributed by atoms with Crippen LogP contribution in [-0.2, 0) is 9.59 Å². The largest absolute Gasteiger partial charge is 0.393 e. The first-order valence-corrected chi connectivity index (χ1v) is 9.76. The molecule has 0 radical (unpaired) electrons. The van der Waals surface area contributed by atoms with E-state index in [-0.39, 0.29) is 36.4 Å². The number of allylic oxidation sites excluding steroid dienone is 4. The molecule has 0 aliphatic heterocycles. The van der Waals surface area contributed by atoms with E-state index >= 15 is 0 Å². The maximum atomic E-state index is 12.4. The van der Waals surface area contributed by atoms with Gasteiger partial charge in [0.1, 0.15) is 6.61 Å². The van der Waals surface area contributed by atoms with Gasteiger partial charge in [-0.2, -0.15) is 0 Å². The molecule has 27 heavy (non-hydrogen) atoms. The van der Waals surface area contributed by atoms with E-state index in [9.17, 15) is 30.0 Å². The first-order chi connectivity index (χ1) is 12.6. The number of hydrogen-bond donors (Lipinski definition) is 4. The number of ketones is 2. The Kier molecular flexibility index (Phi) is 4.10. The van der Waals surface area contributed by atoms with Crippen LogP contribution in [0, 0.1) is 28.6 Å². The SMILES string of the molecule is C[C@]12C=CC(=O)C=C1CC[C@@H]1[C@H]3CC(O)[C@](O)(C(=O)CO)[C@@]3(C)CC(O)[C@@H]12. The molecule has 0 spiro atoms. The average molecular weight is 376 g/mol. The molecule has 0 saturated heterocycles. The lowest BCUT2D eigenvalue weighted by molar-refractivity contribution is -0.190. The van der Waals surface area contributed by atoms with Gasteiger partial charge in [-0.25, -0.2) is 0 Å². The number of aliphatic hydroxyl groups excluding tert-OH is 3. The molecule has 4 aliphatic carbocycles. The Morgan fingerprint density at radius 1 is 1.30 bits per heavy atom. The minimum absolute atomic E-state index is 0.00826. The van der Waals surface area contributed by atoms with Crippen molar-refractivity contribution in [3.63, 3.8) is 0 Å². The fraction of sp³-hybridized carbons (Fsp3) is 0.714. The van der Waals surface area contributed by atoms with Crippen molar-refractivity contribution in [2.45, 2.75) is 57.3 Å². The lowest BCUT2D eigenvalue weighted by atomic mass is 9.46. The second-order valence-electron chi connectivity index (χ2n) is 9.31. The van der Waals surface area contributed by atoms with Crippen LogP contribution in [0.25, 0.3) is 0 Å². The lowest BCUT2D eigenvalue weighted by Crippen LogP contribution is -2.63. The Hall–Kier alpha value is -1.34. The van der Waals surface area contributed by atoms with Crippen LogP contribution in [0.2, 0.25) is 0 Å². The number of fused-ring (bicyclic) bond motifs is 5. The standard InChI is InChI=1S/C21H28O6/c1-19-6-5-12(23)7-11(19)3-4-13-14-8-16(25)21(27,17(26)10-22)20(14,2)9-15(24)18(13)19/h5-7,13-16,18,22,24-25,27H,3-4,8-10H2,1-2H3/t13-,14-,15?,16?,18-,19+,20+,21+/m1/s1. The summed E-state index contributed by atoms with van der Waals surface area (Å²) in [6.45, 7) is 2.96. The Balaban J connectivity index is 1.78. The number of carbonyl (C=O) groups excluding carboxylic acids is 2.